The lowest BCUT2D eigenvalue weighted by Gasteiger charge is -2.22. The largest absolute Gasteiger partial charge is 0.305 e. The van der Waals surface area contributed by atoms with Gasteiger partial charge in [-0.15, -0.1) is 0 Å². The first-order chi connectivity index (χ1) is 12.1. The van der Waals surface area contributed by atoms with E-state index < -0.39 is 0 Å². The number of nitrogens with zero attached hydrogens (tertiary/aromatic N) is 3. The molecule has 0 bridgehead atoms. The van der Waals surface area contributed by atoms with E-state index >= 15 is 0 Å². The molecule has 4 nitrogen and oxygen atoms in total. The van der Waals surface area contributed by atoms with E-state index in [1.165, 1.54) is 11.3 Å². The van der Waals surface area contributed by atoms with Crippen LogP contribution in [0.2, 0.25) is 0 Å². The van der Waals surface area contributed by atoms with E-state index in [4.69, 9.17) is 0 Å². The second-order valence-corrected chi connectivity index (χ2v) is 6.72. The molecule has 1 aromatic carbocycles. The molecule has 0 fully saturated rings. The Morgan fingerprint density at radius 2 is 1.80 bits per heavy atom. The van der Waals surface area contributed by atoms with E-state index in [-0.39, 0.29) is 6.04 Å². The molecule has 0 saturated heterocycles. The summed E-state index contributed by atoms with van der Waals surface area (Å²) in [6.45, 7) is 8.22. The summed E-state index contributed by atoms with van der Waals surface area (Å²) in [5.74, 6) is 0.466. The smallest absolute Gasteiger partial charge is 0.0751 e. The molecule has 0 aliphatic rings. The third kappa shape index (κ3) is 4.54. The number of aromatic nitrogens is 3. The van der Waals surface area contributed by atoms with Crippen molar-refractivity contribution in [2.45, 2.75) is 33.4 Å². The summed E-state index contributed by atoms with van der Waals surface area (Å²) in [6, 6.07) is 18.8. The molecule has 130 valence electrons. The molecule has 1 N–H and O–H groups in total. The van der Waals surface area contributed by atoms with Crippen LogP contribution < -0.4 is 5.32 Å². The summed E-state index contributed by atoms with van der Waals surface area (Å²) >= 11 is 0. The van der Waals surface area contributed by atoms with Gasteiger partial charge in [-0.25, -0.2) is 0 Å². The van der Waals surface area contributed by atoms with Crippen LogP contribution in [0.1, 0.15) is 35.6 Å². The Hall–Kier alpha value is -2.46. The summed E-state index contributed by atoms with van der Waals surface area (Å²) in [5.41, 5.74) is 4.58. The van der Waals surface area contributed by atoms with E-state index in [2.05, 4.69) is 70.3 Å². The molecule has 0 aliphatic heterocycles. The Kier molecular flexibility index (Phi) is 5.61. The molecule has 3 rings (SSSR count). The molecule has 0 unspecified atom stereocenters. The zero-order valence-electron chi connectivity index (χ0n) is 15.2. The van der Waals surface area contributed by atoms with Crippen molar-refractivity contribution < 1.29 is 0 Å². The van der Waals surface area contributed by atoms with Crippen LogP contribution in [0.15, 0.2) is 60.8 Å². The van der Waals surface area contributed by atoms with Gasteiger partial charge >= 0.3 is 0 Å². The number of pyridine rings is 1. The van der Waals surface area contributed by atoms with Crippen molar-refractivity contribution >= 4 is 0 Å². The summed E-state index contributed by atoms with van der Waals surface area (Å²) in [5, 5.41) is 8.27. The van der Waals surface area contributed by atoms with Crippen LogP contribution in [0.25, 0.3) is 0 Å². The maximum atomic E-state index is 4.57. The van der Waals surface area contributed by atoms with Gasteiger partial charge in [0.05, 0.1) is 17.4 Å². The van der Waals surface area contributed by atoms with E-state index in [1.807, 2.05) is 31.3 Å². The van der Waals surface area contributed by atoms with E-state index in [9.17, 15) is 0 Å². The minimum Gasteiger partial charge on any atom is -0.305 e. The number of benzene rings is 1. The number of rotatable bonds is 7. The minimum atomic E-state index is 0.102. The van der Waals surface area contributed by atoms with Gasteiger partial charge in [-0.1, -0.05) is 43.3 Å². The molecule has 2 heterocycles. The third-order valence-corrected chi connectivity index (χ3v) is 4.37. The van der Waals surface area contributed by atoms with Gasteiger partial charge in [0.15, 0.2) is 0 Å². The van der Waals surface area contributed by atoms with Crippen molar-refractivity contribution in [1.82, 2.24) is 20.1 Å². The maximum Gasteiger partial charge on any atom is 0.0751 e. The fourth-order valence-electron chi connectivity index (χ4n) is 3.12. The topological polar surface area (TPSA) is 42.7 Å². The Morgan fingerprint density at radius 3 is 2.44 bits per heavy atom. The molecular formula is C21H26N4. The fourth-order valence-corrected chi connectivity index (χ4v) is 3.12. The van der Waals surface area contributed by atoms with Crippen molar-refractivity contribution in [3.63, 3.8) is 0 Å². The van der Waals surface area contributed by atoms with Gasteiger partial charge in [-0.05, 0) is 43.5 Å². The van der Waals surface area contributed by atoms with E-state index in [0.717, 1.165) is 24.5 Å². The van der Waals surface area contributed by atoms with Gasteiger partial charge < -0.3 is 5.32 Å². The number of hydrogen-bond donors (Lipinski definition) is 1. The second-order valence-electron chi connectivity index (χ2n) is 6.72. The van der Waals surface area contributed by atoms with Crippen LogP contribution in [0.5, 0.6) is 0 Å². The summed E-state index contributed by atoms with van der Waals surface area (Å²) in [4.78, 5) is 4.55. The third-order valence-electron chi connectivity index (χ3n) is 4.37. The number of nitrogens with one attached hydrogen (secondary N) is 1. The molecule has 0 spiro atoms. The maximum absolute atomic E-state index is 4.57. The number of hydrogen-bond acceptors (Lipinski definition) is 3. The molecule has 25 heavy (non-hydrogen) atoms. The van der Waals surface area contributed by atoms with Crippen molar-refractivity contribution in [2.75, 3.05) is 6.54 Å². The van der Waals surface area contributed by atoms with Crippen molar-refractivity contribution in [3.8, 4) is 0 Å². The van der Waals surface area contributed by atoms with Crippen LogP contribution in [0, 0.1) is 19.8 Å². The van der Waals surface area contributed by atoms with Crippen molar-refractivity contribution in [1.29, 1.82) is 0 Å². The predicted octanol–water partition coefficient (Wildman–Crippen LogP) is 3.91. The van der Waals surface area contributed by atoms with Gasteiger partial charge in [0.2, 0.25) is 0 Å². The first-order valence-electron chi connectivity index (χ1n) is 8.84. The normalized spacial score (nSPS) is 13.6. The Balaban J connectivity index is 1.69. The van der Waals surface area contributed by atoms with Gasteiger partial charge in [-0.3, -0.25) is 9.67 Å². The average Bonchev–Trinajstić information content (AvgIpc) is 2.94. The van der Waals surface area contributed by atoms with Crippen LogP contribution in [0.3, 0.4) is 0 Å². The first kappa shape index (κ1) is 17.4. The summed E-state index contributed by atoms with van der Waals surface area (Å²) < 4.78 is 2.10. The highest BCUT2D eigenvalue weighted by Gasteiger charge is 2.16. The Labute approximate surface area is 149 Å². The monoisotopic (exact) mass is 334 g/mol. The highest BCUT2D eigenvalue weighted by molar-refractivity contribution is 5.27. The SMILES string of the molecule is Cc1cc(C)n(C[C@H](C)CN[C@@H](c2ccccc2)c2ccccn2)n1. The number of aryl methyl sites for hydroxylation is 2. The predicted molar refractivity (Wildman–Crippen MR) is 101 cm³/mol. The standard InChI is InChI=1S/C21H26N4/c1-16(15-25-18(3)13-17(2)24-25)14-23-21(19-9-5-4-6-10-19)20-11-7-8-12-22-20/h4-13,16,21,23H,14-15H2,1-3H3/t16-,21+/m1/s1. The van der Waals surface area contributed by atoms with Gasteiger partial charge in [0.25, 0.3) is 0 Å². The molecule has 2 aromatic heterocycles. The van der Waals surface area contributed by atoms with Crippen LogP contribution in [-0.4, -0.2) is 21.3 Å². The molecular weight excluding hydrogens is 308 g/mol. The highest BCUT2D eigenvalue weighted by Crippen LogP contribution is 2.20. The van der Waals surface area contributed by atoms with Gasteiger partial charge in [-0.2, -0.15) is 5.10 Å². The van der Waals surface area contributed by atoms with E-state index in [0.29, 0.717) is 5.92 Å². The van der Waals surface area contributed by atoms with Crippen molar-refractivity contribution in [2.24, 2.45) is 5.92 Å². The molecule has 2 atom stereocenters. The lowest BCUT2D eigenvalue weighted by atomic mass is 10.0. The quantitative estimate of drug-likeness (QED) is 0.712. The Bertz CT molecular complexity index is 741. The molecule has 0 amide bonds. The fraction of sp³-hybridized carbons (Fsp3) is 0.333. The van der Waals surface area contributed by atoms with Crippen LogP contribution >= 0.6 is 0 Å². The lowest BCUT2D eigenvalue weighted by molar-refractivity contribution is 0.402. The molecule has 0 aliphatic carbocycles. The van der Waals surface area contributed by atoms with Gasteiger partial charge in [0, 0.05) is 25.0 Å². The minimum absolute atomic E-state index is 0.102. The highest BCUT2D eigenvalue weighted by atomic mass is 15.3. The molecule has 0 radical (unpaired) electrons. The van der Waals surface area contributed by atoms with Crippen LogP contribution in [-0.2, 0) is 6.54 Å². The van der Waals surface area contributed by atoms with Gasteiger partial charge in [0.1, 0.15) is 0 Å². The van der Waals surface area contributed by atoms with Crippen molar-refractivity contribution in [3.05, 3.63) is 83.4 Å². The van der Waals surface area contributed by atoms with E-state index in [1.54, 1.807) is 0 Å². The van der Waals surface area contributed by atoms with Crippen LogP contribution in [0.4, 0.5) is 0 Å². The Morgan fingerprint density at radius 1 is 1.04 bits per heavy atom. The molecule has 3 aromatic rings. The first-order valence-corrected chi connectivity index (χ1v) is 8.84. The lowest BCUT2D eigenvalue weighted by Crippen LogP contribution is -2.30. The average molecular weight is 334 g/mol. The summed E-state index contributed by atoms with van der Waals surface area (Å²) in [6.07, 6.45) is 1.85. The molecule has 4 heteroatoms. The zero-order chi connectivity index (χ0) is 17.6. The summed E-state index contributed by atoms with van der Waals surface area (Å²) in [7, 11) is 0. The molecule has 0 saturated carbocycles. The second kappa shape index (κ2) is 8.08. The zero-order valence-corrected chi connectivity index (χ0v) is 15.2.